The first kappa shape index (κ1) is 12.9. The summed E-state index contributed by atoms with van der Waals surface area (Å²) in [4.78, 5) is 23.1. The van der Waals surface area contributed by atoms with Gasteiger partial charge >= 0.3 is 5.97 Å². The van der Waals surface area contributed by atoms with Gasteiger partial charge in [-0.3, -0.25) is 4.79 Å². The minimum absolute atomic E-state index is 0.00598. The molecule has 0 aliphatic heterocycles. The molecule has 1 rings (SSSR count). The summed E-state index contributed by atoms with van der Waals surface area (Å²) in [6, 6.07) is 4.89. The van der Waals surface area contributed by atoms with Crippen LogP contribution < -0.4 is 0 Å². The molecule has 16 heavy (non-hydrogen) atoms. The second-order valence-electron chi connectivity index (χ2n) is 3.74. The van der Waals surface area contributed by atoms with Gasteiger partial charge in [-0.05, 0) is 18.2 Å². The molecule has 0 aliphatic carbocycles. The summed E-state index contributed by atoms with van der Waals surface area (Å²) >= 11 is 3.27. The fourth-order valence-corrected chi connectivity index (χ4v) is 1.79. The molecule has 86 valence electrons. The number of carbonyl (C=O) groups excluding carboxylic acids is 2. The smallest absolute Gasteiger partial charge is 0.337 e. The van der Waals surface area contributed by atoms with Crippen molar-refractivity contribution in [3.05, 3.63) is 33.8 Å². The van der Waals surface area contributed by atoms with Gasteiger partial charge in [0.15, 0.2) is 5.78 Å². The monoisotopic (exact) mass is 284 g/mol. The zero-order chi connectivity index (χ0) is 12.3. The van der Waals surface area contributed by atoms with Crippen LogP contribution in [-0.4, -0.2) is 18.9 Å². The average Bonchev–Trinajstić information content (AvgIpc) is 2.25. The Bertz CT molecular complexity index is 424. The highest BCUT2D eigenvalue weighted by atomic mass is 79.9. The Balaban J connectivity index is 3.18. The van der Waals surface area contributed by atoms with Gasteiger partial charge in [0.25, 0.3) is 0 Å². The second-order valence-corrected chi connectivity index (χ2v) is 4.65. The molecule has 1 aromatic rings. The Hall–Kier alpha value is -1.16. The first-order valence-corrected chi connectivity index (χ1v) is 5.68. The van der Waals surface area contributed by atoms with Crippen molar-refractivity contribution >= 4 is 27.7 Å². The maximum Gasteiger partial charge on any atom is 0.337 e. The van der Waals surface area contributed by atoms with Crippen molar-refractivity contribution in [2.24, 2.45) is 5.92 Å². The summed E-state index contributed by atoms with van der Waals surface area (Å²) in [5.74, 6) is -0.537. The van der Waals surface area contributed by atoms with Crippen LogP contribution in [0.25, 0.3) is 0 Å². The SMILES string of the molecule is COC(=O)c1cc(Br)cc(C(=O)C(C)C)c1. The van der Waals surface area contributed by atoms with Crippen LogP contribution in [0.2, 0.25) is 0 Å². The molecule has 0 aromatic heterocycles. The van der Waals surface area contributed by atoms with Gasteiger partial charge in [0.05, 0.1) is 12.7 Å². The van der Waals surface area contributed by atoms with Crippen molar-refractivity contribution < 1.29 is 14.3 Å². The predicted octanol–water partition coefficient (Wildman–Crippen LogP) is 3.07. The van der Waals surface area contributed by atoms with Crippen LogP contribution in [0.1, 0.15) is 34.6 Å². The number of hydrogen-bond acceptors (Lipinski definition) is 3. The summed E-state index contributed by atoms with van der Waals surface area (Å²) in [6.45, 7) is 3.64. The molecule has 0 saturated carbocycles. The summed E-state index contributed by atoms with van der Waals surface area (Å²) < 4.78 is 5.31. The van der Waals surface area contributed by atoms with E-state index in [0.717, 1.165) is 0 Å². The molecule has 0 bridgehead atoms. The van der Waals surface area contributed by atoms with Crippen LogP contribution in [0, 0.1) is 5.92 Å². The van der Waals surface area contributed by atoms with Crippen LogP contribution >= 0.6 is 15.9 Å². The number of Topliss-reactive ketones (excluding diaryl/α,β-unsaturated/α-hetero) is 1. The number of ketones is 1. The Labute approximate surface area is 103 Å². The molecule has 0 atom stereocenters. The maximum atomic E-state index is 11.8. The molecule has 3 nitrogen and oxygen atoms in total. The zero-order valence-corrected chi connectivity index (χ0v) is 11.0. The highest BCUT2D eigenvalue weighted by molar-refractivity contribution is 9.10. The predicted molar refractivity (Wildman–Crippen MR) is 64.7 cm³/mol. The highest BCUT2D eigenvalue weighted by Gasteiger charge is 2.14. The van der Waals surface area contributed by atoms with Gasteiger partial charge in [0.1, 0.15) is 0 Å². The number of esters is 1. The van der Waals surface area contributed by atoms with Gasteiger partial charge < -0.3 is 4.74 Å². The quantitative estimate of drug-likeness (QED) is 0.633. The van der Waals surface area contributed by atoms with Crippen LogP contribution in [0.4, 0.5) is 0 Å². The van der Waals surface area contributed by atoms with Crippen molar-refractivity contribution in [2.45, 2.75) is 13.8 Å². The highest BCUT2D eigenvalue weighted by Crippen LogP contribution is 2.19. The number of methoxy groups -OCH3 is 1. The lowest BCUT2D eigenvalue weighted by Crippen LogP contribution is -2.09. The minimum atomic E-state index is -0.445. The average molecular weight is 285 g/mol. The normalized spacial score (nSPS) is 10.3. The third-order valence-electron chi connectivity index (χ3n) is 2.13. The lowest BCUT2D eigenvalue weighted by atomic mass is 9.99. The molecule has 0 aliphatic rings. The van der Waals surface area contributed by atoms with Crippen LogP contribution in [0.15, 0.2) is 22.7 Å². The van der Waals surface area contributed by atoms with E-state index in [9.17, 15) is 9.59 Å². The van der Waals surface area contributed by atoms with E-state index >= 15 is 0 Å². The molecule has 0 radical (unpaired) electrons. The summed E-state index contributed by atoms with van der Waals surface area (Å²) in [5, 5.41) is 0. The molecule has 0 spiro atoms. The van der Waals surface area contributed by atoms with Crippen LogP contribution in [0.3, 0.4) is 0 Å². The van der Waals surface area contributed by atoms with Gasteiger partial charge in [0.2, 0.25) is 0 Å². The number of halogens is 1. The Kier molecular flexibility index (Phi) is 4.24. The molecule has 0 heterocycles. The van der Waals surface area contributed by atoms with Crippen molar-refractivity contribution in [2.75, 3.05) is 7.11 Å². The van der Waals surface area contributed by atoms with E-state index in [1.54, 1.807) is 18.2 Å². The van der Waals surface area contributed by atoms with Gasteiger partial charge in [-0.1, -0.05) is 29.8 Å². The first-order valence-electron chi connectivity index (χ1n) is 4.89. The summed E-state index contributed by atoms with van der Waals surface area (Å²) in [5.41, 5.74) is 0.894. The molecular weight excluding hydrogens is 272 g/mol. The number of hydrogen-bond donors (Lipinski definition) is 0. The number of rotatable bonds is 3. The summed E-state index contributed by atoms with van der Waals surface area (Å²) in [7, 11) is 1.31. The molecule has 0 fully saturated rings. The Morgan fingerprint density at radius 3 is 2.25 bits per heavy atom. The standard InChI is InChI=1S/C12H13BrO3/c1-7(2)11(14)8-4-9(12(15)16-3)6-10(13)5-8/h4-7H,1-3H3. The van der Waals surface area contributed by atoms with Crippen molar-refractivity contribution in [1.82, 2.24) is 0 Å². The number of benzene rings is 1. The summed E-state index contributed by atoms with van der Waals surface area (Å²) in [6.07, 6.45) is 0. The Morgan fingerprint density at radius 2 is 1.75 bits per heavy atom. The van der Waals surface area contributed by atoms with E-state index in [1.807, 2.05) is 13.8 Å². The fourth-order valence-electron chi connectivity index (χ4n) is 1.30. The second kappa shape index (κ2) is 5.25. The topological polar surface area (TPSA) is 43.4 Å². The lowest BCUT2D eigenvalue weighted by Gasteiger charge is -2.07. The lowest BCUT2D eigenvalue weighted by molar-refractivity contribution is 0.0600. The van der Waals surface area contributed by atoms with E-state index in [0.29, 0.717) is 15.6 Å². The van der Waals surface area contributed by atoms with Crippen LogP contribution in [0.5, 0.6) is 0 Å². The zero-order valence-electron chi connectivity index (χ0n) is 9.41. The Morgan fingerprint density at radius 1 is 1.19 bits per heavy atom. The molecule has 0 N–H and O–H groups in total. The molecule has 4 heteroatoms. The third-order valence-corrected chi connectivity index (χ3v) is 2.59. The van der Waals surface area contributed by atoms with Gasteiger partial charge in [-0.25, -0.2) is 4.79 Å². The van der Waals surface area contributed by atoms with E-state index in [4.69, 9.17) is 0 Å². The van der Waals surface area contributed by atoms with E-state index < -0.39 is 5.97 Å². The largest absolute Gasteiger partial charge is 0.465 e. The molecule has 0 amide bonds. The van der Waals surface area contributed by atoms with Gasteiger partial charge in [0, 0.05) is 16.0 Å². The van der Waals surface area contributed by atoms with E-state index in [2.05, 4.69) is 20.7 Å². The number of carbonyl (C=O) groups is 2. The number of ether oxygens (including phenoxy) is 1. The fraction of sp³-hybridized carbons (Fsp3) is 0.333. The molecule has 1 aromatic carbocycles. The molecular formula is C12H13BrO3. The minimum Gasteiger partial charge on any atom is -0.465 e. The van der Waals surface area contributed by atoms with Gasteiger partial charge in [-0.15, -0.1) is 0 Å². The molecule has 0 saturated heterocycles. The van der Waals surface area contributed by atoms with Crippen molar-refractivity contribution in [3.63, 3.8) is 0 Å². The maximum absolute atomic E-state index is 11.8. The van der Waals surface area contributed by atoms with Gasteiger partial charge in [-0.2, -0.15) is 0 Å². The van der Waals surface area contributed by atoms with Crippen LogP contribution in [-0.2, 0) is 4.74 Å². The van der Waals surface area contributed by atoms with Crippen molar-refractivity contribution in [1.29, 1.82) is 0 Å². The van der Waals surface area contributed by atoms with E-state index in [-0.39, 0.29) is 11.7 Å². The van der Waals surface area contributed by atoms with Crippen molar-refractivity contribution in [3.8, 4) is 0 Å². The van der Waals surface area contributed by atoms with E-state index in [1.165, 1.54) is 7.11 Å². The first-order chi connectivity index (χ1) is 7.45. The molecule has 0 unspecified atom stereocenters. The third kappa shape index (κ3) is 2.92.